The first kappa shape index (κ1) is 22.3. The SMILES string of the molecule is CN=CN=C(N)c1cccc(Nc2cc(N3CCN(C(C)=O)C3=O)nnc2C=O)c1OC. The van der Waals surface area contributed by atoms with E-state index >= 15 is 0 Å². The number of carbonyl (C=O) groups is 3. The summed E-state index contributed by atoms with van der Waals surface area (Å²) in [6.45, 7) is 1.82. The van der Waals surface area contributed by atoms with Gasteiger partial charge in [-0.1, -0.05) is 6.07 Å². The number of amidine groups is 1. The standard InChI is InChI=1S/C20H22N8O4/c1-12(30)27-7-8-28(20(27)31)17-9-15(16(10-29)25-26-17)24-14-6-4-5-13(18(14)32-3)19(21)23-11-22-2/h4-6,9-11H,7-8H2,1-3H3,(H,24,26)(H2,21,22,23). The van der Waals surface area contributed by atoms with Crippen LogP contribution in [-0.4, -0.2) is 72.7 Å². The van der Waals surface area contributed by atoms with Crippen molar-refractivity contribution in [3.8, 4) is 5.75 Å². The molecule has 3 N–H and O–H groups in total. The molecule has 1 fully saturated rings. The fraction of sp³-hybridized carbons (Fsp3) is 0.250. The number of nitrogens with one attached hydrogen (secondary N) is 1. The molecule has 0 saturated carbocycles. The summed E-state index contributed by atoms with van der Waals surface area (Å²) in [6, 6.07) is 6.18. The van der Waals surface area contributed by atoms with Crippen molar-refractivity contribution in [1.29, 1.82) is 0 Å². The Labute approximate surface area is 183 Å². The minimum Gasteiger partial charge on any atom is -0.494 e. The molecule has 12 nitrogen and oxygen atoms in total. The van der Waals surface area contributed by atoms with Crippen molar-refractivity contribution in [3.63, 3.8) is 0 Å². The highest BCUT2D eigenvalue weighted by Gasteiger charge is 2.33. The van der Waals surface area contributed by atoms with Crippen molar-refractivity contribution < 1.29 is 19.1 Å². The molecule has 1 aromatic carbocycles. The molecule has 3 rings (SSSR count). The van der Waals surface area contributed by atoms with Crippen LogP contribution in [0.5, 0.6) is 5.75 Å². The van der Waals surface area contributed by atoms with Crippen LogP contribution in [0.15, 0.2) is 34.3 Å². The number of nitrogens with two attached hydrogens (primary N) is 1. The molecule has 1 aromatic heterocycles. The van der Waals surface area contributed by atoms with Crippen LogP contribution in [0.3, 0.4) is 0 Å². The van der Waals surface area contributed by atoms with Crippen LogP contribution in [0.4, 0.5) is 22.0 Å². The molecule has 0 radical (unpaired) electrons. The van der Waals surface area contributed by atoms with E-state index in [1.165, 1.54) is 31.3 Å². The highest BCUT2D eigenvalue weighted by Crippen LogP contribution is 2.33. The Morgan fingerprint density at radius 3 is 2.69 bits per heavy atom. The first-order valence-corrected chi connectivity index (χ1v) is 9.52. The van der Waals surface area contributed by atoms with E-state index < -0.39 is 6.03 Å². The molecule has 0 aliphatic carbocycles. The molecular formula is C20H22N8O4. The molecule has 1 saturated heterocycles. The number of rotatable bonds is 7. The fourth-order valence-electron chi connectivity index (χ4n) is 3.14. The summed E-state index contributed by atoms with van der Waals surface area (Å²) in [7, 11) is 3.04. The Hall–Kier alpha value is -4.35. The average Bonchev–Trinajstić information content (AvgIpc) is 3.18. The molecule has 2 aromatic rings. The van der Waals surface area contributed by atoms with Gasteiger partial charge in [-0.2, -0.15) is 0 Å². The van der Waals surface area contributed by atoms with E-state index in [-0.39, 0.29) is 36.3 Å². The Kier molecular flexibility index (Phi) is 6.73. The maximum Gasteiger partial charge on any atom is 0.332 e. The van der Waals surface area contributed by atoms with Gasteiger partial charge in [0.2, 0.25) is 5.91 Å². The van der Waals surface area contributed by atoms with Crippen molar-refractivity contribution in [1.82, 2.24) is 15.1 Å². The van der Waals surface area contributed by atoms with E-state index in [2.05, 4.69) is 25.5 Å². The monoisotopic (exact) mass is 438 g/mol. The number of hydrogen-bond donors (Lipinski definition) is 2. The fourth-order valence-corrected chi connectivity index (χ4v) is 3.14. The van der Waals surface area contributed by atoms with Gasteiger partial charge in [0, 0.05) is 33.1 Å². The second kappa shape index (κ2) is 9.64. The lowest BCUT2D eigenvalue weighted by Gasteiger charge is -2.18. The number of amides is 3. The molecule has 32 heavy (non-hydrogen) atoms. The minimum absolute atomic E-state index is 0.0241. The van der Waals surface area contributed by atoms with Gasteiger partial charge in [0.15, 0.2) is 17.9 Å². The summed E-state index contributed by atoms with van der Waals surface area (Å²) in [4.78, 5) is 45.9. The number of anilines is 3. The van der Waals surface area contributed by atoms with E-state index in [4.69, 9.17) is 10.5 Å². The number of imide groups is 1. The van der Waals surface area contributed by atoms with Gasteiger partial charge >= 0.3 is 6.03 Å². The Morgan fingerprint density at radius 2 is 2.06 bits per heavy atom. The molecule has 1 aliphatic rings. The topological polar surface area (TPSA) is 155 Å². The molecule has 0 unspecified atom stereocenters. The van der Waals surface area contributed by atoms with Crippen LogP contribution in [0.1, 0.15) is 23.0 Å². The summed E-state index contributed by atoms with van der Waals surface area (Å²) in [5.41, 5.74) is 7.34. The van der Waals surface area contributed by atoms with E-state index in [0.29, 0.717) is 29.0 Å². The maximum atomic E-state index is 12.5. The second-order valence-corrected chi connectivity index (χ2v) is 6.62. The summed E-state index contributed by atoms with van der Waals surface area (Å²) in [6.07, 6.45) is 1.85. The predicted molar refractivity (Wildman–Crippen MR) is 119 cm³/mol. The van der Waals surface area contributed by atoms with E-state index in [1.54, 1.807) is 25.2 Å². The highest BCUT2D eigenvalue weighted by atomic mass is 16.5. The third-order valence-corrected chi connectivity index (χ3v) is 4.66. The predicted octanol–water partition coefficient (Wildman–Crippen LogP) is 1.19. The van der Waals surface area contributed by atoms with Crippen LogP contribution in [-0.2, 0) is 4.79 Å². The highest BCUT2D eigenvalue weighted by molar-refractivity contribution is 6.05. The van der Waals surface area contributed by atoms with E-state index in [9.17, 15) is 14.4 Å². The van der Waals surface area contributed by atoms with Gasteiger partial charge in [0.05, 0.1) is 24.0 Å². The summed E-state index contributed by atoms with van der Waals surface area (Å²) < 4.78 is 5.51. The van der Waals surface area contributed by atoms with Crippen LogP contribution in [0.25, 0.3) is 0 Å². The smallest absolute Gasteiger partial charge is 0.332 e. The zero-order valence-electron chi connectivity index (χ0n) is 17.8. The lowest BCUT2D eigenvalue weighted by atomic mass is 10.1. The van der Waals surface area contributed by atoms with Gasteiger partial charge in [-0.05, 0) is 12.1 Å². The minimum atomic E-state index is -0.502. The number of methoxy groups -OCH3 is 1. The third kappa shape index (κ3) is 4.38. The quantitative estimate of drug-likeness (QED) is 0.371. The van der Waals surface area contributed by atoms with Gasteiger partial charge in [-0.25, -0.2) is 9.79 Å². The van der Waals surface area contributed by atoms with Crippen LogP contribution < -0.4 is 20.7 Å². The Morgan fingerprint density at radius 1 is 1.28 bits per heavy atom. The van der Waals surface area contributed by atoms with Crippen LogP contribution in [0, 0.1) is 0 Å². The van der Waals surface area contributed by atoms with Gasteiger partial charge in [0.1, 0.15) is 17.9 Å². The normalized spacial score (nSPS) is 14.2. The number of urea groups is 1. The Balaban J connectivity index is 1.99. The second-order valence-electron chi connectivity index (χ2n) is 6.62. The lowest BCUT2D eigenvalue weighted by molar-refractivity contribution is -0.125. The maximum absolute atomic E-state index is 12.5. The van der Waals surface area contributed by atoms with Gasteiger partial charge in [0.25, 0.3) is 0 Å². The molecule has 12 heteroatoms. The van der Waals surface area contributed by atoms with Gasteiger partial charge in [-0.15, -0.1) is 10.2 Å². The molecule has 0 atom stereocenters. The number of nitrogens with zero attached hydrogens (tertiary/aromatic N) is 6. The summed E-state index contributed by atoms with van der Waals surface area (Å²) >= 11 is 0. The lowest BCUT2D eigenvalue weighted by Crippen LogP contribution is -2.35. The van der Waals surface area contributed by atoms with Gasteiger partial charge in [-0.3, -0.25) is 24.4 Å². The van der Waals surface area contributed by atoms with Gasteiger partial charge < -0.3 is 15.8 Å². The van der Waals surface area contributed by atoms with Crippen molar-refractivity contribution >= 4 is 47.6 Å². The van der Waals surface area contributed by atoms with Crippen molar-refractivity contribution in [3.05, 3.63) is 35.5 Å². The number of carbonyl (C=O) groups excluding carboxylic acids is 3. The zero-order chi connectivity index (χ0) is 23.3. The number of aldehydes is 1. The Bertz CT molecular complexity index is 1110. The third-order valence-electron chi connectivity index (χ3n) is 4.66. The number of para-hydroxylation sites is 1. The molecule has 2 heterocycles. The van der Waals surface area contributed by atoms with Crippen molar-refractivity contribution in [2.24, 2.45) is 15.7 Å². The first-order chi connectivity index (χ1) is 15.4. The molecule has 166 valence electrons. The average molecular weight is 438 g/mol. The molecule has 3 amide bonds. The molecule has 0 bridgehead atoms. The molecule has 0 spiro atoms. The molecular weight excluding hydrogens is 416 g/mol. The van der Waals surface area contributed by atoms with Crippen molar-refractivity contribution in [2.75, 3.05) is 37.5 Å². The molecule has 1 aliphatic heterocycles. The summed E-state index contributed by atoms with van der Waals surface area (Å²) in [5.74, 6) is 0.408. The first-order valence-electron chi connectivity index (χ1n) is 9.52. The van der Waals surface area contributed by atoms with Crippen molar-refractivity contribution in [2.45, 2.75) is 6.92 Å². The van der Waals surface area contributed by atoms with Crippen LogP contribution in [0.2, 0.25) is 0 Å². The number of hydrogen-bond acceptors (Lipinski definition) is 8. The largest absolute Gasteiger partial charge is 0.494 e. The number of aliphatic imine (C=N–C) groups is 2. The number of aromatic nitrogens is 2. The number of ether oxygens (including phenoxy) is 1. The summed E-state index contributed by atoms with van der Waals surface area (Å²) in [5, 5.41) is 11.0. The van der Waals surface area contributed by atoms with Crippen LogP contribution >= 0.6 is 0 Å². The van der Waals surface area contributed by atoms with E-state index in [1.807, 2.05) is 0 Å². The zero-order valence-corrected chi connectivity index (χ0v) is 17.8. The van der Waals surface area contributed by atoms with E-state index in [0.717, 1.165) is 4.90 Å². The number of benzene rings is 1.